The van der Waals surface area contributed by atoms with Crippen molar-refractivity contribution in [2.24, 2.45) is 14.1 Å². The first kappa shape index (κ1) is 32.5. The first-order chi connectivity index (χ1) is 23.1. The van der Waals surface area contributed by atoms with Crippen LogP contribution in [0.1, 0.15) is 34.6 Å². The zero-order chi connectivity index (χ0) is 33.9. The number of ether oxygens (including phenoxy) is 2. The maximum atomic E-state index is 14.0. The quantitative estimate of drug-likeness (QED) is 0.0902. The standard InChI is InChI=1S/C36H30N4O6S2/c1-21(41)45-27-19-11-17-25-29(33(43)37-23-13-7-5-8-14-23)35(39(3)31(25)27)47-48-36-30(34(44)38-24-15-9-6-10-16-24)26-18-12-20-28(46-22(2)42)32(26)40(36)4/h5-20H,1-4H3,(H,37,43)(H,38,44). The van der Waals surface area contributed by atoms with E-state index in [0.717, 1.165) is 0 Å². The van der Waals surface area contributed by atoms with Crippen LogP contribution in [0.2, 0.25) is 0 Å². The zero-order valence-electron chi connectivity index (χ0n) is 26.4. The Morgan fingerprint density at radius 2 is 0.917 bits per heavy atom. The molecule has 0 radical (unpaired) electrons. The highest BCUT2D eigenvalue weighted by Crippen LogP contribution is 2.48. The molecule has 0 saturated carbocycles. The predicted molar refractivity (Wildman–Crippen MR) is 189 cm³/mol. The van der Waals surface area contributed by atoms with E-state index in [1.165, 1.54) is 35.4 Å². The van der Waals surface area contributed by atoms with Gasteiger partial charge in [0.1, 0.15) is 0 Å². The van der Waals surface area contributed by atoms with Crippen LogP contribution in [0, 0.1) is 0 Å². The molecule has 0 aliphatic heterocycles. The van der Waals surface area contributed by atoms with Gasteiger partial charge in [0.25, 0.3) is 11.8 Å². The smallest absolute Gasteiger partial charge is 0.308 e. The van der Waals surface area contributed by atoms with E-state index in [1.807, 2.05) is 45.5 Å². The van der Waals surface area contributed by atoms with Gasteiger partial charge in [-0.2, -0.15) is 0 Å². The number of amides is 2. The van der Waals surface area contributed by atoms with E-state index in [2.05, 4.69) is 10.6 Å². The molecule has 0 atom stereocenters. The highest BCUT2D eigenvalue weighted by Gasteiger charge is 2.28. The molecule has 0 aliphatic carbocycles. The van der Waals surface area contributed by atoms with E-state index in [-0.39, 0.29) is 11.8 Å². The number of anilines is 2. The van der Waals surface area contributed by atoms with Gasteiger partial charge in [0.05, 0.1) is 32.2 Å². The molecule has 0 saturated heterocycles. The van der Waals surface area contributed by atoms with Crippen molar-refractivity contribution in [3.8, 4) is 11.5 Å². The largest absolute Gasteiger partial charge is 0.424 e. The van der Waals surface area contributed by atoms with Gasteiger partial charge in [-0.25, -0.2) is 0 Å². The molecule has 0 spiro atoms. The second kappa shape index (κ2) is 13.7. The number of esters is 2. The third-order valence-electron chi connectivity index (χ3n) is 7.47. The fourth-order valence-corrected chi connectivity index (χ4v) is 8.31. The summed E-state index contributed by atoms with van der Waals surface area (Å²) in [5, 5.41) is 8.25. The Morgan fingerprint density at radius 3 is 1.27 bits per heavy atom. The highest BCUT2D eigenvalue weighted by molar-refractivity contribution is 8.76. The van der Waals surface area contributed by atoms with Crippen LogP contribution in [0.4, 0.5) is 11.4 Å². The molecule has 0 bridgehead atoms. The third-order valence-corrected chi connectivity index (χ3v) is 10.0. The van der Waals surface area contributed by atoms with Crippen LogP contribution in [0.5, 0.6) is 11.5 Å². The number of rotatable bonds is 9. The Bertz CT molecular complexity index is 2050. The van der Waals surface area contributed by atoms with Crippen molar-refractivity contribution in [3.63, 3.8) is 0 Å². The molecule has 2 heterocycles. The number of hydrogen-bond donors (Lipinski definition) is 2. The van der Waals surface area contributed by atoms with E-state index < -0.39 is 11.9 Å². The van der Waals surface area contributed by atoms with Gasteiger partial charge in [-0.1, -0.05) is 60.7 Å². The number of carbonyl (C=O) groups excluding carboxylic acids is 4. The minimum atomic E-state index is -0.490. The molecule has 12 heteroatoms. The van der Waals surface area contributed by atoms with Crippen LogP contribution in [0.25, 0.3) is 21.8 Å². The summed E-state index contributed by atoms with van der Waals surface area (Å²) < 4.78 is 14.7. The summed E-state index contributed by atoms with van der Waals surface area (Å²) in [4.78, 5) is 51.9. The van der Waals surface area contributed by atoms with E-state index >= 15 is 0 Å². The molecular weight excluding hydrogens is 649 g/mol. The second-order valence-electron chi connectivity index (χ2n) is 10.8. The van der Waals surface area contributed by atoms with Crippen molar-refractivity contribution >= 4 is 78.5 Å². The Kier molecular flexibility index (Phi) is 9.28. The van der Waals surface area contributed by atoms with Crippen LogP contribution in [-0.4, -0.2) is 32.9 Å². The molecule has 4 aromatic carbocycles. The Labute approximate surface area is 283 Å². The number of nitrogens with zero attached hydrogens (tertiary/aromatic N) is 2. The molecule has 0 aliphatic rings. The number of nitrogens with one attached hydrogen (secondary N) is 2. The minimum absolute atomic E-state index is 0.312. The van der Waals surface area contributed by atoms with Crippen LogP contribution in [-0.2, 0) is 23.7 Å². The normalized spacial score (nSPS) is 11.0. The third kappa shape index (κ3) is 6.40. The summed E-state index contributed by atoms with van der Waals surface area (Å²) in [7, 11) is 6.14. The van der Waals surface area contributed by atoms with Crippen molar-refractivity contribution in [1.82, 2.24) is 9.13 Å². The van der Waals surface area contributed by atoms with Gasteiger partial charge in [0.2, 0.25) is 0 Å². The van der Waals surface area contributed by atoms with Crippen LogP contribution >= 0.6 is 21.6 Å². The van der Waals surface area contributed by atoms with Crippen molar-refractivity contribution in [3.05, 3.63) is 108 Å². The fourth-order valence-electron chi connectivity index (χ4n) is 5.53. The highest BCUT2D eigenvalue weighted by atomic mass is 33.1. The summed E-state index contributed by atoms with van der Waals surface area (Å²) in [5.41, 5.74) is 3.10. The second-order valence-corrected chi connectivity index (χ2v) is 12.9. The Hall–Kier alpha value is -5.46. The lowest BCUT2D eigenvalue weighted by Gasteiger charge is -2.11. The molecule has 6 rings (SSSR count). The summed E-state index contributed by atoms with van der Waals surface area (Å²) in [6, 6.07) is 28.6. The predicted octanol–water partition coefficient (Wildman–Crippen LogP) is 7.82. The van der Waals surface area contributed by atoms with E-state index in [4.69, 9.17) is 9.47 Å². The first-order valence-electron chi connectivity index (χ1n) is 14.8. The molecule has 2 aromatic heterocycles. The molecule has 2 N–H and O–H groups in total. The summed E-state index contributed by atoms with van der Waals surface area (Å²) in [6.07, 6.45) is 0. The molecule has 242 valence electrons. The minimum Gasteiger partial charge on any atom is -0.424 e. The van der Waals surface area contributed by atoms with Gasteiger partial charge >= 0.3 is 11.9 Å². The molecule has 2 amide bonds. The molecule has 6 aromatic rings. The van der Waals surface area contributed by atoms with E-state index in [0.29, 0.717) is 65.9 Å². The molecule has 0 fully saturated rings. The number of aromatic nitrogens is 2. The van der Waals surface area contributed by atoms with Gasteiger partial charge in [0.15, 0.2) is 11.5 Å². The number of para-hydroxylation sites is 4. The zero-order valence-corrected chi connectivity index (χ0v) is 28.0. The van der Waals surface area contributed by atoms with Crippen LogP contribution in [0.3, 0.4) is 0 Å². The van der Waals surface area contributed by atoms with E-state index in [9.17, 15) is 19.2 Å². The first-order valence-corrected chi connectivity index (χ1v) is 17.0. The molecular formula is C36H30N4O6S2. The topological polar surface area (TPSA) is 121 Å². The van der Waals surface area contributed by atoms with Gasteiger partial charge in [0, 0.05) is 50.1 Å². The Balaban J connectivity index is 1.49. The molecule has 48 heavy (non-hydrogen) atoms. The lowest BCUT2D eigenvalue weighted by atomic mass is 10.1. The molecule has 0 unspecified atom stereocenters. The summed E-state index contributed by atoms with van der Waals surface area (Å²) in [6.45, 7) is 2.64. The van der Waals surface area contributed by atoms with Gasteiger partial charge in [-0.3, -0.25) is 19.2 Å². The monoisotopic (exact) mass is 678 g/mol. The van der Waals surface area contributed by atoms with Crippen LogP contribution in [0.15, 0.2) is 107 Å². The SMILES string of the molecule is CC(=O)Oc1cccc2c(C(=O)Nc3ccccc3)c(SSc3c(C(=O)Nc4ccccc4)c4cccc(OC(C)=O)c4n3C)n(C)c12. The summed E-state index contributed by atoms with van der Waals surface area (Å²) in [5.74, 6) is -1.07. The summed E-state index contributed by atoms with van der Waals surface area (Å²) >= 11 is 0. The van der Waals surface area contributed by atoms with Crippen molar-refractivity contribution in [2.75, 3.05) is 10.6 Å². The Morgan fingerprint density at radius 1 is 0.542 bits per heavy atom. The lowest BCUT2D eigenvalue weighted by molar-refractivity contribution is -0.132. The van der Waals surface area contributed by atoms with Gasteiger partial charge < -0.3 is 29.2 Å². The number of fused-ring (bicyclic) bond motifs is 2. The van der Waals surface area contributed by atoms with Crippen molar-refractivity contribution < 1.29 is 28.7 Å². The van der Waals surface area contributed by atoms with Crippen molar-refractivity contribution in [1.29, 1.82) is 0 Å². The number of aryl methyl sites for hydroxylation is 2. The fraction of sp³-hybridized carbons (Fsp3) is 0.111. The lowest BCUT2D eigenvalue weighted by Crippen LogP contribution is -2.13. The van der Waals surface area contributed by atoms with Gasteiger partial charge in [-0.05, 0) is 58.0 Å². The number of hydrogen-bond acceptors (Lipinski definition) is 8. The van der Waals surface area contributed by atoms with Crippen LogP contribution < -0.4 is 20.1 Å². The average Bonchev–Trinajstić information content (AvgIpc) is 3.51. The van der Waals surface area contributed by atoms with E-state index in [1.54, 1.807) is 74.8 Å². The number of carbonyl (C=O) groups is 4. The molecule has 10 nitrogen and oxygen atoms in total. The van der Waals surface area contributed by atoms with Crippen molar-refractivity contribution in [2.45, 2.75) is 23.9 Å². The average molecular weight is 679 g/mol. The maximum Gasteiger partial charge on any atom is 0.308 e. The van der Waals surface area contributed by atoms with Gasteiger partial charge in [-0.15, -0.1) is 0 Å². The number of benzene rings is 4. The maximum absolute atomic E-state index is 14.0.